The Morgan fingerprint density at radius 1 is 0.759 bits per heavy atom. The van der Waals surface area contributed by atoms with Gasteiger partial charge in [0, 0.05) is 33.4 Å². The first-order chi connectivity index (χ1) is 14.1. The zero-order valence-electron chi connectivity index (χ0n) is 16.7. The lowest BCUT2D eigenvalue weighted by Crippen LogP contribution is -1.99. The van der Waals surface area contributed by atoms with Crippen LogP contribution in [0.1, 0.15) is 11.1 Å². The van der Waals surface area contributed by atoms with Crippen LogP contribution < -0.4 is 5.46 Å². The highest BCUT2D eigenvalue weighted by atomic mass is 14.9. The summed E-state index contributed by atoms with van der Waals surface area (Å²) < 4.78 is 0. The normalized spacial score (nSPS) is 11.9. The molecule has 4 aromatic carbocycles. The third kappa shape index (κ3) is 2.35. The molecule has 0 unspecified atom stereocenters. The molecule has 2 heterocycles. The average Bonchev–Trinajstić information content (AvgIpc) is 3.32. The zero-order valence-corrected chi connectivity index (χ0v) is 16.7. The predicted molar refractivity (Wildman–Crippen MR) is 126 cm³/mol. The predicted octanol–water partition coefficient (Wildman–Crippen LogP) is 4.89. The minimum absolute atomic E-state index is 0.909. The van der Waals surface area contributed by atoms with E-state index in [1.807, 2.05) is 0 Å². The monoisotopic (exact) mass is 373 g/mol. The molecular weight excluding hydrogens is 353 g/mol. The van der Waals surface area contributed by atoms with E-state index in [-0.39, 0.29) is 0 Å². The Labute approximate surface area is 169 Å². The van der Waals surface area contributed by atoms with Gasteiger partial charge in [0.2, 0.25) is 0 Å². The van der Waals surface area contributed by atoms with Crippen molar-refractivity contribution < 1.29 is 0 Å². The number of aryl methyl sites for hydroxylation is 2. The summed E-state index contributed by atoms with van der Waals surface area (Å²) in [7, 11) is 2.13. The van der Waals surface area contributed by atoms with E-state index < -0.39 is 0 Å². The van der Waals surface area contributed by atoms with Gasteiger partial charge in [0.15, 0.2) is 0 Å². The van der Waals surface area contributed by atoms with Crippen molar-refractivity contribution >= 4 is 56.8 Å². The van der Waals surface area contributed by atoms with Gasteiger partial charge in [-0.15, -0.1) is 0 Å². The van der Waals surface area contributed by atoms with E-state index in [1.165, 1.54) is 43.5 Å². The van der Waals surface area contributed by atoms with Gasteiger partial charge in [0.05, 0.1) is 11.0 Å². The summed E-state index contributed by atoms with van der Waals surface area (Å²) in [4.78, 5) is 12.1. The first-order valence-corrected chi connectivity index (χ1v) is 9.99. The van der Waals surface area contributed by atoms with E-state index in [2.05, 4.69) is 92.5 Å². The lowest BCUT2D eigenvalue weighted by Gasteiger charge is -2.08. The van der Waals surface area contributed by atoms with E-state index in [9.17, 15) is 0 Å². The molecule has 0 atom stereocenters. The summed E-state index contributed by atoms with van der Waals surface area (Å²) in [6, 6.07) is 19.8. The average molecular weight is 373 g/mol. The van der Waals surface area contributed by atoms with Crippen molar-refractivity contribution in [1.29, 1.82) is 0 Å². The number of hydrogen-bond acceptors (Lipinski definition) is 1. The van der Waals surface area contributed by atoms with Crippen LogP contribution in [0.3, 0.4) is 0 Å². The number of aromatic nitrogens is 3. The van der Waals surface area contributed by atoms with Crippen LogP contribution in [0.5, 0.6) is 0 Å². The Bertz CT molecular complexity index is 1510. The molecule has 3 nitrogen and oxygen atoms in total. The summed E-state index contributed by atoms with van der Waals surface area (Å²) >= 11 is 0. The van der Waals surface area contributed by atoms with Gasteiger partial charge in [-0.2, -0.15) is 0 Å². The van der Waals surface area contributed by atoms with Crippen LogP contribution in [0.2, 0.25) is 0 Å². The lowest BCUT2D eigenvalue weighted by atomic mass is 9.94. The van der Waals surface area contributed by atoms with Crippen molar-refractivity contribution in [2.45, 2.75) is 13.8 Å². The van der Waals surface area contributed by atoms with Crippen LogP contribution >= 0.6 is 0 Å². The van der Waals surface area contributed by atoms with Crippen LogP contribution in [0.15, 0.2) is 60.8 Å². The van der Waals surface area contributed by atoms with Gasteiger partial charge < -0.3 is 9.97 Å². The first kappa shape index (κ1) is 16.4. The van der Waals surface area contributed by atoms with Crippen molar-refractivity contribution in [2.24, 2.45) is 0 Å². The number of H-pyrrole nitrogens is 2. The number of rotatable bonds is 1. The van der Waals surface area contributed by atoms with Crippen molar-refractivity contribution in [1.82, 2.24) is 15.0 Å². The van der Waals surface area contributed by atoms with Gasteiger partial charge in [-0.1, -0.05) is 65.1 Å². The summed E-state index contributed by atoms with van der Waals surface area (Å²) in [6.07, 6.45) is 2.06. The topological polar surface area (TPSA) is 44.5 Å². The van der Waals surface area contributed by atoms with Crippen LogP contribution in [0.25, 0.3) is 54.9 Å². The molecule has 0 aliphatic carbocycles. The Balaban J connectivity index is 1.76. The number of fused-ring (bicyclic) bond motifs is 7. The number of imidazole rings is 1. The van der Waals surface area contributed by atoms with E-state index in [4.69, 9.17) is 4.98 Å². The molecule has 2 N–H and O–H groups in total. The largest absolute Gasteiger partial charge is 0.360 e. The molecule has 0 saturated heterocycles. The zero-order chi connectivity index (χ0) is 19.7. The van der Waals surface area contributed by atoms with Crippen molar-refractivity contribution in [3.63, 3.8) is 0 Å². The maximum absolute atomic E-state index is 5.09. The number of benzene rings is 4. The third-order valence-corrected chi connectivity index (χ3v) is 5.96. The second kappa shape index (κ2) is 5.74. The third-order valence-electron chi connectivity index (χ3n) is 5.96. The lowest BCUT2D eigenvalue weighted by molar-refractivity contribution is 1.34. The fourth-order valence-electron chi connectivity index (χ4n) is 4.51. The van der Waals surface area contributed by atoms with Crippen molar-refractivity contribution in [3.05, 3.63) is 71.9 Å². The van der Waals surface area contributed by atoms with E-state index >= 15 is 0 Å². The Kier molecular flexibility index (Phi) is 3.25. The molecule has 0 fully saturated rings. The first-order valence-electron chi connectivity index (χ1n) is 9.99. The standard InChI is InChI=1S/C25H20BN3/c1-13-3-6-16-18(9-13)19-10-14(2)4-7-17(19)24-23(16)28-25(29-24)21-12-27-22-8-5-15(26)11-20(21)22/h3-12,27H,26H2,1-2H3,(H,28,29). The number of aromatic amines is 2. The van der Waals surface area contributed by atoms with Crippen LogP contribution in [0.4, 0.5) is 0 Å². The number of nitrogens with zero attached hydrogens (tertiary/aromatic N) is 1. The summed E-state index contributed by atoms with van der Waals surface area (Å²) in [5.74, 6) is 0.909. The molecule has 0 aliphatic heterocycles. The molecule has 138 valence electrons. The smallest absolute Gasteiger partial charge is 0.140 e. The molecule has 29 heavy (non-hydrogen) atoms. The highest BCUT2D eigenvalue weighted by Gasteiger charge is 2.16. The quantitative estimate of drug-likeness (QED) is 0.313. The number of nitrogens with one attached hydrogen (secondary N) is 2. The minimum atomic E-state index is 0.909. The van der Waals surface area contributed by atoms with E-state index in [0.717, 1.165) is 27.9 Å². The molecule has 0 radical (unpaired) electrons. The summed E-state index contributed by atoms with van der Waals surface area (Å²) in [5, 5.41) is 6.16. The molecule has 6 rings (SSSR count). The molecule has 4 heteroatoms. The Morgan fingerprint density at radius 3 is 2.28 bits per heavy atom. The molecule has 6 aromatic rings. The van der Waals surface area contributed by atoms with Crippen LogP contribution in [0, 0.1) is 13.8 Å². The SMILES string of the molecule is Bc1ccc2[nH]cc(-c3nc4c5ccc(C)cc5c5cc(C)ccc5c4[nH]3)c2c1. The van der Waals surface area contributed by atoms with Crippen LogP contribution in [-0.4, -0.2) is 22.8 Å². The molecule has 0 spiro atoms. The van der Waals surface area contributed by atoms with Crippen LogP contribution in [-0.2, 0) is 0 Å². The van der Waals surface area contributed by atoms with Gasteiger partial charge in [-0.05, 0) is 30.7 Å². The van der Waals surface area contributed by atoms with Gasteiger partial charge >= 0.3 is 0 Å². The second-order valence-electron chi connectivity index (χ2n) is 8.16. The molecule has 0 saturated carbocycles. The fourth-order valence-corrected chi connectivity index (χ4v) is 4.51. The molecule has 0 bridgehead atoms. The highest BCUT2D eigenvalue weighted by molar-refractivity contribution is 6.33. The highest BCUT2D eigenvalue weighted by Crippen LogP contribution is 2.37. The molecular formula is C25H20BN3. The maximum atomic E-state index is 5.09. The van der Waals surface area contributed by atoms with E-state index in [0.29, 0.717) is 0 Å². The molecule has 2 aromatic heterocycles. The minimum Gasteiger partial charge on any atom is -0.360 e. The molecule has 0 amide bonds. The van der Waals surface area contributed by atoms with Gasteiger partial charge in [0.1, 0.15) is 13.7 Å². The van der Waals surface area contributed by atoms with Gasteiger partial charge in [-0.25, -0.2) is 4.98 Å². The molecule has 0 aliphatic rings. The van der Waals surface area contributed by atoms with Gasteiger partial charge in [0.25, 0.3) is 0 Å². The summed E-state index contributed by atoms with van der Waals surface area (Å²) in [5.41, 5.74) is 8.17. The van der Waals surface area contributed by atoms with Crippen molar-refractivity contribution in [3.8, 4) is 11.4 Å². The summed E-state index contributed by atoms with van der Waals surface area (Å²) in [6.45, 7) is 4.30. The van der Waals surface area contributed by atoms with Crippen molar-refractivity contribution in [2.75, 3.05) is 0 Å². The Hall–Kier alpha value is -3.53. The van der Waals surface area contributed by atoms with E-state index in [1.54, 1.807) is 0 Å². The number of hydrogen-bond donors (Lipinski definition) is 2. The maximum Gasteiger partial charge on any atom is 0.140 e. The second-order valence-corrected chi connectivity index (χ2v) is 8.16. The fraction of sp³-hybridized carbons (Fsp3) is 0.0800. The van der Waals surface area contributed by atoms with Gasteiger partial charge in [-0.3, -0.25) is 0 Å². The Morgan fingerprint density at radius 2 is 1.48 bits per heavy atom.